The van der Waals surface area contributed by atoms with Gasteiger partial charge in [0, 0.05) is 27.9 Å². The van der Waals surface area contributed by atoms with Crippen molar-refractivity contribution in [3.05, 3.63) is 109 Å². The Kier molecular flexibility index (Phi) is 3.55. The average Bonchev–Trinajstić information content (AvgIpc) is 3.43. The van der Waals surface area contributed by atoms with Gasteiger partial charge in [0.15, 0.2) is 0 Å². The predicted octanol–water partition coefficient (Wildman–Crippen LogP) is 7.75. The summed E-state index contributed by atoms with van der Waals surface area (Å²) in [6.07, 6.45) is 1.95. The van der Waals surface area contributed by atoms with Gasteiger partial charge in [-0.3, -0.25) is 4.57 Å². The number of fused-ring (bicyclic) bond motifs is 6. The molecule has 0 aliphatic heterocycles. The van der Waals surface area contributed by atoms with E-state index < -0.39 is 0 Å². The van der Waals surface area contributed by atoms with Gasteiger partial charge in [-0.15, -0.1) is 0 Å². The van der Waals surface area contributed by atoms with E-state index in [9.17, 15) is 0 Å². The van der Waals surface area contributed by atoms with E-state index in [4.69, 9.17) is 9.40 Å². The fourth-order valence-corrected chi connectivity index (χ4v) is 4.73. The Hall–Kier alpha value is -4.37. The molecule has 3 heterocycles. The summed E-state index contributed by atoms with van der Waals surface area (Å²) < 4.78 is 8.70. The molecule has 4 aromatic carbocycles. The molecule has 0 aliphatic rings. The minimum absolute atomic E-state index is 0.883. The molecule has 0 N–H and O–H groups in total. The number of benzene rings is 4. The fraction of sp³-hybridized carbons (Fsp3) is 0. The van der Waals surface area contributed by atoms with E-state index >= 15 is 0 Å². The second-order valence-electron chi connectivity index (χ2n) is 8.10. The van der Waals surface area contributed by atoms with Gasteiger partial charge in [0.1, 0.15) is 17.2 Å². The molecule has 0 spiro atoms. The Bertz CT molecular complexity index is 1770. The van der Waals surface area contributed by atoms with Crippen molar-refractivity contribution in [1.29, 1.82) is 0 Å². The first kappa shape index (κ1) is 17.3. The molecular weight excluding hydrogens is 392 g/mol. The van der Waals surface area contributed by atoms with Gasteiger partial charge in [0.25, 0.3) is 0 Å². The van der Waals surface area contributed by atoms with Crippen molar-refractivity contribution in [2.24, 2.45) is 0 Å². The van der Waals surface area contributed by atoms with Crippen LogP contribution in [0.2, 0.25) is 0 Å². The van der Waals surface area contributed by atoms with E-state index in [0.29, 0.717) is 0 Å². The van der Waals surface area contributed by atoms with Gasteiger partial charge in [0.05, 0.1) is 16.4 Å². The highest BCUT2D eigenvalue weighted by Gasteiger charge is 2.18. The van der Waals surface area contributed by atoms with Gasteiger partial charge in [-0.05, 0) is 35.7 Å². The Morgan fingerprint density at radius 3 is 2.31 bits per heavy atom. The van der Waals surface area contributed by atoms with E-state index in [1.54, 1.807) is 0 Å². The molecule has 0 radical (unpaired) electrons. The molecule has 0 amide bonds. The first-order valence-corrected chi connectivity index (χ1v) is 10.7. The zero-order valence-electron chi connectivity index (χ0n) is 17.2. The second kappa shape index (κ2) is 6.56. The quantitative estimate of drug-likeness (QED) is 0.292. The Morgan fingerprint density at radius 2 is 1.41 bits per heavy atom. The number of hydrogen-bond acceptors (Lipinski definition) is 2. The lowest BCUT2D eigenvalue weighted by atomic mass is 10.1. The molecule has 0 bridgehead atoms. The summed E-state index contributed by atoms with van der Waals surface area (Å²) in [5.41, 5.74) is 4.21. The third-order valence-electron chi connectivity index (χ3n) is 6.22. The van der Waals surface area contributed by atoms with E-state index in [-0.39, 0.29) is 0 Å². The van der Waals surface area contributed by atoms with Crippen LogP contribution >= 0.6 is 0 Å². The molecule has 32 heavy (non-hydrogen) atoms. The lowest BCUT2D eigenvalue weighted by Gasteiger charge is -2.08. The zero-order valence-corrected chi connectivity index (χ0v) is 17.2. The standard InChI is InChI=1S/C29H18N2O/c1-2-8-19(9-3-1)26-16-21-14-15-25-28(29(21)32-26)23-12-6-7-13-24(23)31(25)27-17-20-10-4-5-11-22(20)18-30-27/h1-18H. The van der Waals surface area contributed by atoms with Gasteiger partial charge in [-0.2, -0.15) is 0 Å². The normalized spacial score (nSPS) is 11.8. The summed E-state index contributed by atoms with van der Waals surface area (Å²) in [7, 11) is 0. The van der Waals surface area contributed by atoms with Crippen molar-refractivity contribution in [1.82, 2.24) is 9.55 Å². The number of furan rings is 1. The molecule has 3 aromatic heterocycles. The highest BCUT2D eigenvalue weighted by atomic mass is 16.3. The van der Waals surface area contributed by atoms with E-state index in [1.807, 2.05) is 30.5 Å². The summed E-state index contributed by atoms with van der Waals surface area (Å²) >= 11 is 0. The second-order valence-corrected chi connectivity index (χ2v) is 8.10. The van der Waals surface area contributed by atoms with Crippen LogP contribution in [0.25, 0.3) is 60.7 Å². The maximum atomic E-state index is 6.46. The van der Waals surface area contributed by atoms with E-state index in [2.05, 4.69) is 83.4 Å². The van der Waals surface area contributed by atoms with E-state index in [0.717, 1.165) is 55.3 Å². The fourth-order valence-electron chi connectivity index (χ4n) is 4.73. The smallest absolute Gasteiger partial charge is 0.144 e. The lowest BCUT2D eigenvalue weighted by molar-refractivity contribution is 0.635. The Morgan fingerprint density at radius 1 is 0.625 bits per heavy atom. The number of nitrogens with zero attached hydrogens (tertiary/aromatic N) is 2. The van der Waals surface area contributed by atoms with Crippen LogP contribution in [0.15, 0.2) is 114 Å². The van der Waals surface area contributed by atoms with Crippen LogP contribution in [0.3, 0.4) is 0 Å². The number of pyridine rings is 1. The number of aromatic nitrogens is 2. The Labute approximate surface area is 184 Å². The van der Waals surface area contributed by atoms with Crippen LogP contribution in [0.5, 0.6) is 0 Å². The topological polar surface area (TPSA) is 31.0 Å². The first-order valence-electron chi connectivity index (χ1n) is 10.7. The largest absolute Gasteiger partial charge is 0.455 e. The molecule has 0 saturated heterocycles. The third-order valence-corrected chi connectivity index (χ3v) is 6.22. The summed E-state index contributed by atoms with van der Waals surface area (Å²) in [6, 6.07) is 35.7. The van der Waals surface area contributed by atoms with Crippen molar-refractivity contribution in [2.75, 3.05) is 0 Å². The molecule has 150 valence electrons. The number of rotatable bonds is 2. The van der Waals surface area contributed by atoms with Crippen LogP contribution in [-0.2, 0) is 0 Å². The highest BCUT2D eigenvalue weighted by molar-refractivity contribution is 6.20. The minimum atomic E-state index is 0.883. The van der Waals surface area contributed by atoms with Gasteiger partial charge in [-0.1, -0.05) is 72.8 Å². The maximum absolute atomic E-state index is 6.46. The van der Waals surface area contributed by atoms with Gasteiger partial charge in [-0.25, -0.2) is 4.98 Å². The van der Waals surface area contributed by atoms with Crippen molar-refractivity contribution in [2.45, 2.75) is 0 Å². The Balaban J connectivity index is 1.57. The van der Waals surface area contributed by atoms with E-state index in [1.165, 1.54) is 5.39 Å². The first-order chi connectivity index (χ1) is 15.9. The average molecular weight is 410 g/mol. The number of para-hydroxylation sites is 1. The monoisotopic (exact) mass is 410 g/mol. The number of hydrogen-bond donors (Lipinski definition) is 0. The van der Waals surface area contributed by atoms with Crippen LogP contribution in [0, 0.1) is 0 Å². The molecule has 0 fully saturated rings. The molecule has 0 saturated carbocycles. The van der Waals surface area contributed by atoms with Crippen LogP contribution < -0.4 is 0 Å². The SMILES string of the molecule is c1ccc(-c2cc3ccc4c(c5ccccc5n4-c4cc5ccccc5cn4)c3o2)cc1. The molecule has 3 nitrogen and oxygen atoms in total. The molecule has 7 aromatic rings. The van der Waals surface area contributed by atoms with Crippen LogP contribution in [-0.4, -0.2) is 9.55 Å². The lowest BCUT2D eigenvalue weighted by Crippen LogP contribution is -1.96. The summed E-state index contributed by atoms with van der Waals surface area (Å²) in [5, 5.41) is 5.70. The molecule has 3 heteroatoms. The van der Waals surface area contributed by atoms with Gasteiger partial charge in [0.2, 0.25) is 0 Å². The summed E-state index contributed by atoms with van der Waals surface area (Å²) in [4.78, 5) is 4.81. The van der Waals surface area contributed by atoms with Crippen molar-refractivity contribution < 1.29 is 4.42 Å². The van der Waals surface area contributed by atoms with Gasteiger partial charge < -0.3 is 4.42 Å². The molecule has 0 atom stereocenters. The molecule has 7 rings (SSSR count). The van der Waals surface area contributed by atoms with Crippen molar-refractivity contribution in [3.8, 4) is 17.1 Å². The van der Waals surface area contributed by atoms with Crippen LogP contribution in [0.4, 0.5) is 0 Å². The molecular formula is C29H18N2O. The summed E-state index contributed by atoms with van der Waals surface area (Å²) in [6.45, 7) is 0. The zero-order chi connectivity index (χ0) is 21.1. The molecule has 0 unspecified atom stereocenters. The van der Waals surface area contributed by atoms with Crippen LogP contribution in [0.1, 0.15) is 0 Å². The minimum Gasteiger partial charge on any atom is -0.455 e. The highest BCUT2D eigenvalue weighted by Crippen LogP contribution is 2.39. The maximum Gasteiger partial charge on any atom is 0.144 e. The predicted molar refractivity (Wildman–Crippen MR) is 131 cm³/mol. The van der Waals surface area contributed by atoms with Crippen molar-refractivity contribution in [3.63, 3.8) is 0 Å². The third kappa shape index (κ3) is 2.45. The van der Waals surface area contributed by atoms with Crippen molar-refractivity contribution >= 4 is 43.5 Å². The summed E-state index contributed by atoms with van der Waals surface area (Å²) in [5.74, 6) is 1.79. The van der Waals surface area contributed by atoms with Gasteiger partial charge >= 0.3 is 0 Å². The molecule has 0 aliphatic carbocycles.